The Labute approximate surface area is 95.1 Å². The molecule has 0 unspecified atom stereocenters. The summed E-state index contributed by atoms with van der Waals surface area (Å²) >= 11 is 5.47. The first-order chi connectivity index (χ1) is 7.61. The van der Waals surface area contributed by atoms with Crippen LogP contribution in [0.5, 0.6) is 0 Å². The third-order valence-corrected chi connectivity index (χ3v) is 2.29. The van der Waals surface area contributed by atoms with Gasteiger partial charge in [-0.2, -0.15) is 0 Å². The summed E-state index contributed by atoms with van der Waals surface area (Å²) in [7, 11) is 0. The van der Waals surface area contributed by atoms with E-state index in [0.29, 0.717) is 5.56 Å². The predicted octanol–water partition coefficient (Wildman–Crippen LogP) is 3.06. The number of aryl methyl sites for hydroxylation is 1. The minimum absolute atomic E-state index is 0.00347. The van der Waals surface area contributed by atoms with Gasteiger partial charge in [-0.25, -0.2) is 8.78 Å². The van der Waals surface area contributed by atoms with E-state index in [1.165, 1.54) is 13.0 Å². The molecule has 0 bridgehead atoms. The van der Waals surface area contributed by atoms with E-state index in [2.05, 4.69) is 10.2 Å². The Morgan fingerprint density at radius 3 is 2.62 bits per heavy atom. The minimum Gasteiger partial charge on any atom is -0.419 e. The Balaban J connectivity index is 2.51. The average molecular weight is 245 g/mol. The van der Waals surface area contributed by atoms with Crippen molar-refractivity contribution in [3.63, 3.8) is 0 Å². The lowest BCUT2D eigenvalue weighted by molar-refractivity contribution is 0.519. The summed E-state index contributed by atoms with van der Waals surface area (Å²) in [6, 6.07) is 2.10. The second kappa shape index (κ2) is 4.17. The van der Waals surface area contributed by atoms with Crippen molar-refractivity contribution in [2.45, 2.75) is 12.8 Å². The van der Waals surface area contributed by atoms with Gasteiger partial charge in [0.15, 0.2) is 0 Å². The van der Waals surface area contributed by atoms with Crippen LogP contribution in [0.4, 0.5) is 8.78 Å². The molecule has 3 nitrogen and oxygen atoms in total. The highest BCUT2D eigenvalue weighted by atomic mass is 35.5. The topological polar surface area (TPSA) is 38.9 Å². The predicted molar refractivity (Wildman–Crippen MR) is 53.9 cm³/mol. The number of rotatable bonds is 2. The first-order valence-corrected chi connectivity index (χ1v) is 4.99. The molecule has 0 fully saturated rings. The number of benzene rings is 1. The van der Waals surface area contributed by atoms with Crippen LogP contribution in [-0.2, 0) is 5.88 Å². The summed E-state index contributed by atoms with van der Waals surface area (Å²) in [5.74, 6) is -1.12. The highest BCUT2D eigenvalue weighted by Gasteiger charge is 2.14. The molecule has 0 N–H and O–H groups in total. The van der Waals surface area contributed by atoms with Crippen LogP contribution in [0.3, 0.4) is 0 Å². The standard InChI is InChI=1S/C10H7ClF2N2O/c1-5-2-6(8(13)3-7(5)12)10-15-14-9(4-11)16-10/h2-3H,4H2,1H3. The first kappa shape index (κ1) is 11.0. The maximum absolute atomic E-state index is 13.4. The van der Waals surface area contributed by atoms with Gasteiger partial charge in [-0.3, -0.25) is 0 Å². The molecular formula is C10H7ClF2N2O. The van der Waals surface area contributed by atoms with Crippen molar-refractivity contribution in [2.24, 2.45) is 0 Å². The minimum atomic E-state index is -0.743. The molecule has 0 spiro atoms. The fourth-order valence-electron chi connectivity index (χ4n) is 1.24. The smallest absolute Gasteiger partial charge is 0.250 e. The highest BCUT2D eigenvalue weighted by molar-refractivity contribution is 6.16. The average Bonchev–Trinajstić information content (AvgIpc) is 2.71. The molecule has 0 saturated heterocycles. The lowest BCUT2D eigenvalue weighted by Gasteiger charge is -2.00. The fraction of sp³-hybridized carbons (Fsp3) is 0.200. The Morgan fingerprint density at radius 2 is 2.00 bits per heavy atom. The normalized spacial score (nSPS) is 10.8. The van der Waals surface area contributed by atoms with Crippen molar-refractivity contribution in [2.75, 3.05) is 0 Å². The zero-order valence-electron chi connectivity index (χ0n) is 8.30. The molecule has 0 amide bonds. The van der Waals surface area contributed by atoms with Crippen LogP contribution in [0.25, 0.3) is 11.5 Å². The molecule has 1 aromatic carbocycles. The third-order valence-electron chi connectivity index (χ3n) is 2.06. The van der Waals surface area contributed by atoms with E-state index in [0.717, 1.165) is 6.07 Å². The van der Waals surface area contributed by atoms with Gasteiger partial charge in [0.25, 0.3) is 5.89 Å². The molecular weight excluding hydrogens is 238 g/mol. The Bertz CT molecular complexity index is 528. The number of nitrogens with zero attached hydrogens (tertiary/aromatic N) is 2. The summed E-state index contributed by atoms with van der Waals surface area (Å²) < 4.78 is 31.5. The van der Waals surface area contributed by atoms with E-state index < -0.39 is 11.6 Å². The first-order valence-electron chi connectivity index (χ1n) is 4.46. The molecule has 1 heterocycles. The number of hydrogen-bond acceptors (Lipinski definition) is 3. The second-order valence-corrected chi connectivity index (χ2v) is 3.48. The largest absolute Gasteiger partial charge is 0.419 e. The van der Waals surface area contributed by atoms with E-state index >= 15 is 0 Å². The molecule has 0 radical (unpaired) electrons. The molecule has 16 heavy (non-hydrogen) atoms. The van der Waals surface area contributed by atoms with Gasteiger partial charge >= 0.3 is 0 Å². The van der Waals surface area contributed by atoms with Crippen molar-refractivity contribution in [3.05, 3.63) is 35.2 Å². The van der Waals surface area contributed by atoms with Crippen LogP contribution in [0.2, 0.25) is 0 Å². The molecule has 0 aliphatic heterocycles. The van der Waals surface area contributed by atoms with Gasteiger partial charge in [-0.15, -0.1) is 21.8 Å². The van der Waals surface area contributed by atoms with Crippen LogP contribution in [0.1, 0.15) is 11.5 Å². The van der Waals surface area contributed by atoms with Crippen LogP contribution in [0.15, 0.2) is 16.5 Å². The quantitative estimate of drug-likeness (QED) is 0.762. The maximum atomic E-state index is 13.4. The summed E-state index contributed by atoms with van der Waals surface area (Å²) in [6.45, 7) is 1.52. The second-order valence-electron chi connectivity index (χ2n) is 3.22. The summed E-state index contributed by atoms with van der Waals surface area (Å²) in [5.41, 5.74) is 0.379. The van der Waals surface area contributed by atoms with Crippen molar-refractivity contribution in [1.29, 1.82) is 0 Å². The van der Waals surface area contributed by atoms with Gasteiger partial charge in [-0.1, -0.05) is 0 Å². The lowest BCUT2D eigenvalue weighted by atomic mass is 10.1. The number of hydrogen-bond donors (Lipinski definition) is 0. The Kier molecular flexibility index (Phi) is 2.87. The van der Waals surface area contributed by atoms with E-state index in [4.69, 9.17) is 16.0 Å². The molecule has 84 valence electrons. The Hall–Kier alpha value is -1.49. The molecule has 0 aliphatic carbocycles. The zero-order valence-corrected chi connectivity index (χ0v) is 9.05. The fourth-order valence-corrected chi connectivity index (χ4v) is 1.35. The summed E-state index contributed by atoms with van der Waals surface area (Å²) in [6.07, 6.45) is 0. The lowest BCUT2D eigenvalue weighted by Crippen LogP contribution is -1.90. The van der Waals surface area contributed by atoms with Gasteiger partial charge in [0.2, 0.25) is 5.89 Å². The Morgan fingerprint density at radius 1 is 1.25 bits per heavy atom. The molecule has 0 saturated carbocycles. The van der Waals surface area contributed by atoms with Crippen LogP contribution >= 0.6 is 11.6 Å². The monoisotopic (exact) mass is 244 g/mol. The summed E-state index contributed by atoms with van der Waals surface area (Å²) in [4.78, 5) is 0. The van der Waals surface area contributed by atoms with Crippen molar-refractivity contribution in [1.82, 2.24) is 10.2 Å². The molecule has 0 aliphatic rings. The van der Waals surface area contributed by atoms with Crippen molar-refractivity contribution in [3.8, 4) is 11.5 Å². The zero-order chi connectivity index (χ0) is 11.7. The van der Waals surface area contributed by atoms with Gasteiger partial charge in [0.1, 0.15) is 17.5 Å². The molecule has 1 aromatic heterocycles. The third kappa shape index (κ3) is 1.90. The van der Waals surface area contributed by atoms with Gasteiger partial charge in [-0.05, 0) is 18.6 Å². The van der Waals surface area contributed by atoms with Crippen molar-refractivity contribution >= 4 is 11.6 Å². The maximum Gasteiger partial charge on any atom is 0.250 e. The van der Waals surface area contributed by atoms with Crippen molar-refractivity contribution < 1.29 is 13.2 Å². The number of alkyl halides is 1. The SMILES string of the molecule is Cc1cc(-c2nnc(CCl)o2)c(F)cc1F. The van der Waals surface area contributed by atoms with E-state index in [1.54, 1.807) is 0 Å². The molecule has 6 heteroatoms. The highest BCUT2D eigenvalue weighted by Crippen LogP contribution is 2.24. The van der Waals surface area contributed by atoms with E-state index in [-0.39, 0.29) is 23.2 Å². The molecule has 0 atom stereocenters. The number of halogens is 3. The van der Waals surface area contributed by atoms with E-state index in [1.807, 2.05) is 0 Å². The van der Waals surface area contributed by atoms with Gasteiger partial charge in [0.05, 0.1) is 5.56 Å². The number of aromatic nitrogens is 2. The van der Waals surface area contributed by atoms with E-state index in [9.17, 15) is 8.78 Å². The molecule has 2 rings (SSSR count). The van der Waals surface area contributed by atoms with Crippen LogP contribution in [0, 0.1) is 18.6 Å². The van der Waals surface area contributed by atoms with Crippen LogP contribution < -0.4 is 0 Å². The van der Waals surface area contributed by atoms with Crippen LogP contribution in [-0.4, -0.2) is 10.2 Å². The van der Waals surface area contributed by atoms with Gasteiger partial charge < -0.3 is 4.42 Å². The summed E-state index contributed by atoms with van der Waals surface area (Å²) in [5, 5.41) is 7.22. The molecule has 2 aromatic rings. The van der Waals surface area contributed by atoms with Gasteiger partial charge in [0, 0.05) is 6.07 Å².